The van der Waals surface area contributed by atoms with Gasteiger partial charge in [0.05, 0.1) is 23.5 Å². The molecule has 2 heterocycles. The minimum Gasteiger partial charge on any atom is -0.468 e. The zero-order valence-corrected chi connectivity index (χ0v) is 13.7. The number of nitrogens with zero attached hydrogens (tertiary/aromatic N) is 1. The van der Waals surface area contributed by atoms with Gasteiger partial charge < -0.3 is 9.73 Å². The normalized spacial score (nSPS) is 11.0. The van der Waals surface area contributed by atoms with Gasteiger partial charge in [0.15, 0.2) is 0 Å². The standard InChI is InChI=1S/C18H20N2OS/c1-13-5-6-16(14(2)10-13)17-12-22-18(20-17)7-8-19-11-15-4-3-9-21-15/h3-6,9-10,12,19H,7-8,11H2,1-2H3. The van der Waals surface area contributed by atoms with Crippen molar-refractivity contribution in [3.63, 3.8) is 0 Å². The van der Waals surface area contributed by atoms with Gasteiger partial charge in [0.2, 0.25) is 0 Å². The highest BCUT2D eigenvalue weighted by molar-refractivity contribution is 7.09. The van der Waals surface area contributed by atoms with Gasteiger partial charge in [-0.1, -0.05) is 23.8 Å². The molecule has 0 bridgehead atoms. The number of furan rings is 1. The summed E-state index contributed by atoms with van der Waals surface area (Å²) >= 11 is 1.73. The molecular formula is C18H20N2OS. The van der Waals surface area contributed by atoms with Gasteiger partial charge in [-0.3, -0.25) is 0 Å². The predicted octanol–water partition coefficient (Wildman–Crippen LogP) is 4.35. The number of nitrogens with one attached hydrogen (secondary N) is 1. The van der Waals surface area contributed by atoms with E-state index in [9.17, 15) is 0 Å². The lowest BCUT2D eigenvalue weighted by Gasteiger charge is -2.03. The number of hydrogen-bond acceptors (Lipinski definition) is 4. The van der Waals surface area contributed by atoms with Crippen LogP contribution >= 0.6 is 11.3 Å². The molecule has 114 valence electrons. The summed E-state index contributed by atoms with van der Waals surface area (Å²) in [5, 5.41) is 6.70. The van der Waals surface area contributed by atoms with Crippen LogP contribution in [0.5, 0.6) is 0 Å². The summed E-state index contributed by atoms with van der Waals surface area (Å²) in [5.41, 5.74) is 4.90. The Hall–Kier alpha value is -1.91. The molecule has 0 radical (unpaired) electrons. The molecule has 3 rings (SSSR count). The quantitative estimate of drug-likeness (QED) is 0.688. The topological polar surface area (TPSA) is 38.1 Å². The van der Waals surface area contributed by atoms with Crippen molar-refractivity contribution >= 4 is 11.3 Å². The first kappa shape index (κ1) is 15.0. The van der Waals surface area contributed by atoms with Crippen LogP contribution in [0.3, 0.4) is 0 Å². The Morgan fingerprint density at radius 3 is 2.91 bits per heavy atom. The van der Waals surface area contributed by atoms with E-state index in [0.29, 0.717) is 0 Å². The molecule has 0 fully saturated rings. The summed E-state index contributed by atoms with van der Waals surface area (Å²) in [4.78, 5) is 4.76. The molecule has 2 aromatic heterocycles. The van der Waals surface area contributed by atoms with Crippen LogP contribution in [0.4, 0.5) is 0 Å². The second-order valence-electron chi connectivity index (χ2n) is 5.45. The second-order valence-corrected chi connectivity index (χ2v) is 6.39. The van der Waals surface area contributed by atoms with E-state index in [1.54, 1.807) is 17.6 Å². The van der Waals surface area contributed by atoms with Gasteiger partial charge in [-0.05, 0) is 31.5 Å². The highest BCUT2D eigenvalue weighted by Gasteiger charge is 2.07. The van der Waals surface area contributed by atoms with Gasteiger partial charge in [0.1, 0.15) is 5.76 Å². The Labute approximate surface area is 135 Å². The average Bonchev–Trinajstić information content (AvgIpc) is 3.15. The first-order valence-electron chi connectivity index (χ1n) is 7.47. The number of hydrogen-bond donors (Lipinski definition) is 1. The summed E-state index contributed by atoms with van der Waals surface area (Å²) in [7, 11) is 0. The first-order chi connectivity index (χ1) is 10.7. The van der Waals surface area contributed by atoms with Crippen molar-refractivity contribution in [2.45, 2.75) is 26.8 Å². The molecule has 0 aliphatic rings. The van der Waals surface area contributed by atoms with Crippen LogP contribution in [-0.2, 0) is 13.0 Å². The van der Waals surface area contributed by atoms with Gasteiger partial charge >= 0.3 is 0 Å². The van der Waals surface area contributed by atoms with Crippen LogP contribution in [0.15, 0.2) is 46.4 Å². The molecule has 0 unspecified atom stereocenters. The van der Waals surface area contributed by atoms with Crippen molar-refractivity contribution < 1.29 is 4.42 Å². The number of thiazole rings is 1. The molecule has 0 aliphatic heterocycles. The number of benzene rings is 1. The van der Waals surface area contributed by atoms with Gasteiger partial charge in [-0.15, -0.1) is 11.3 Å². The van der Waals surface area contributed by atoms with Crippen molar-refractivity contribution in [2.75, 3.05) is 6.54 Å². The lowest BCUT2D eigenvalue weighted by atomic mass is 10.0. The highest BCUT2D eigenvalue weighted by atomic mass is 32.1. The fourth-order valence-electron chi connectivity index (χ4n) is 2.47. The van der Waals surface area contributed by atoms with E-state index >= 15 is 0 Å². The van der Waals surface area contributed by atoms with Gasteiger partial charge in [-0.25, -0.2) is 4.98 Å². The summed E-state index contributed by atoms with van der Waals surface area (Å²) < 4.78 is 5.29. The molecule has 3 nitrogen and oxygen atoms in total. The van der Waals surface area contributed by atoms with Crippen molar-refractivity contribution in [3.05, 3.63) is 63.9 Å². The third-order valence-electron chi connectivity index (χ3n) is 3.60. The van der Waals surface area contributed by atoms with Crippen LogP contribution in [0.1, 0.15) is 21.9 Å². The molecule has 0 atom stereocenters. The smallest absolute Gasteiger partial charge is 0.117 e. The molecule has 0 aliphatic carbocycles. The van der Waals surface area contributed by atoms with Crippen LogP contribution in [0.2, 0.25) is 0 Å². The van der Waals surface area contributed by atoms with Crippen molar-refractivity contribution in [2.24, 2.45) is 0 Å². The maximum atomic E-state index is 5.29. The molecule has 22 heavy (non-hydrogen) atoms. The van der Waals surface area contributed by atoms with E-state index in [1.165, 1.54) is 21.7 Å². The van der Waals surface area contributed by atoms with Crippen molar-refractivity contribution in [1.82, 2.24) is 10.3 Å². The molecular weight excluding hydrogens is 292 g/mol. The van der Waals surface area contributed by atoms with E-state index in [-0.39, 0.29) is 0 Å². The van der Waals surface area contributed by atoms with E-state index < -0.39 is 0 Å². The van der Waals surface area contributed by atoms with E-state index in [0.717, 1.165) is 31.0 Å². The number of rotatable bonds is 6. The van der Waals surface area contributed by atoms with Crippen molar-refractivity contribution in [1.29, 1.82) is 0 Å². The number of aryl methyl sites for hydroxylation is 2. The van der Waals surface area contributed by atoms with Crippen LogP contribution in [0, 0.1) is 13.8 Å². The molecule has 0 spiro atoms. The monoisotopic (exact) mass is 312 g/mol. The zero-order chi connectivity index (χ0) is 15.4. The largest absolute Gasteiger partial charge is 0.468 e. The Balaban J connectivity index is 1.57. The Bertz CT molecular complexity index is 731. The second kappa shape index (κ2) is 6.90. The highest BCUT2D eigenvalue weighted by Crippen LogP contribution is 2.25. The fraction of sp³-hybridized carbons (Fsp3) is 0.278. The average molecular weight is 312 g/mol. The predicted molar refractivity (Wildman–Crippen MR) is 91.1 cm³/mol. The first-order valence-corrected chi connectivity index (χ1v) is 8.35. The maximum absolute atomic E-state index is 5.29. The third kappa shape index (κ3) is 3.64. The molecule has 0 saturated carbocycles. The zero-order valence-electron chi connectivity index (χ0n) is 12.9. The van der Waals surface area contributed by atoms with Crippen molar-refractivity contribution in [3.8, 4) is 11.3 Å². The fourth-order valence-corrected chi connectivity index (χ4v) is 3.27. The molecule has 1 N–H and O–H groups in total. The molecule has 4 heteroatoms. The van der Waals surface area contributed by atoms with E-state index in [2.05, 4.69) is 42.7 Å². The van der Waals surface area contributed by atoms with Gasteiger partial charge in [0, 0.05) is 23.9 Å². The molecule has 0 saturated heterocycles. The van der Waals surface area contributed by atoms with Gasteiger partial charge in [-0.2, -0.15) is 0 Å². The lowest BCUT2D eigenvalue weighted by Crippen LogP contribution is -2.16. The minimum atomic E-state index is 0.766. The van der Waals surface area contributed by atoms with Crippen LogP contribution in [-0.4, -0.2) is 11.5 Å². The summed E-state index contributed by atoms with van der Waals surface area (Å²) in [5.74, 6) is 0.968. The summed E-state index contributed by atoms with van der Waals surface area (Å²) in [6, 6.07) is 10.4. The minimum absolute atomic E-state index is 0.766. The van der Waals surface area contributed by atoms with Crippen LogP contribution in [0.25, 0.3) is 11.3 Å². The SMILES string of the molecule is Cc1ccc(-c2csc(CCNCc3ccco3)n2)c(C)c1. The van der Waals surface area contributed by atoms with E-state index in [4.69, 9.17) is 9.40 Å². The molecule has 0 amide bonds. The molecule has 3 aromatic rings. The molecule has 1 aromatic carbocycles. The third-order valence-corrected chi connectivity index (χ3v) is 4.51. The lowest BCUT2D eigenvalue weighted by molar-refractivity contribution is 0.484. The summed E-state index contributed by atoms with van der Waals surface area (Å²) in [6.07, 6.45) is 2.64. The Morgan fingerprint density at radius 2 is 2.14 bits per heavy atom. The van der Waals surface area contributed by atoms with Crippen LogP contribution < -0.4 is 5.32 Å². The summed E-state index contributed by atoms with van der Waals surface area (Å²) in [6.45, 7) is 5.93. The van der Waals surface area contributed by atoms with Gasteiger partial charge in [0.25, 0.3) is 0 Å². The Kier molecular flexibility index (Phi) is 4.71. The Morgan fingerprint density at radius 1 is 1.23 bits per heavy atom. The van der Waals surface area contributed by atoms with E-state index in [1.807, 2.05) is 12.1 Å². The number of aromatic nitrogens is 1. The maximum Gasteiger partial charge on any atom is 0.117 e.